The molecule has 1 unspecified atom stereocenters. The summed E-state index contributed by atoms with van der Waals surface area (Å²) in [5.74, 6) is 5.26. The first kappa shape index (κ1) is 14.4. The topological polar surface area (TPSA) is 49.7 Å². The monoisotopic (exact) mass is 214 g/mol. The molecule has 0 saturated carbocycles. The molecule has 0 radical (unpaired) electrons. The number of hydrogen-bond donors (Lipinski definition) is 2. The number of ether oxygens (including phenoxy) is 1. The Morgan fingerprint density at radius 2 is 1.47 bits per heavy atom. The second kappa shape index (κ2) is 4.52. The van der Waals surface area contributed by atoms with E-state index in [1.807, 2.05) is 6.92 Å². The first-order chi connectivity index (χ1) is 6.52. The summed E-state index contributed by atoms with van der Waals surface area (Å²) in [7, 11) is 0. The third-order valence-electron chi connectivity index (χ3n) is 2.29. The van der Waals surface area contributed by atoms with Crippen molar-refractivity contribution < 1.29 is 14.9 Å². The Hall–Kier alpha value is -0.560. The molecule has 0 aliphatic rings. The molecule has 0 aromatic heterocycles. The van der Waals surface area contributed by atoms with Crippen LogP contribution in [-0.4, -0.2) is 33.6 Å². The van der Waals surface area contributed by atoms with E-state index in [2.05, 4.69) is 11.8 Å². The Morgan fingerprint density at radius 1 is 1.00 bits per heavy atom. The highest BCUT2D eigenvalue weighted by Crippen LogP contribution is 2.25. The molecule has 1 atom stereocenters. The van der Waals surface area contributed by atoms with E-state index >= 15 is 0 Å². The molecule has 0 saturated heterocycles. The van der Waals surface area contributed by atoms with Crippen molar-refractivity contribution in [3.8, 4) is 11.8 Å². The molecule has 0 spiro atoms. The van der Waals surface area contributed by atoms with Crippen LogP contribution in [-0.2, 0) is 4.74 Å². The summed E-state index contributed by atoms with van der Waals surface area (Å²) in [4.78, 5) is 0. The van der Waals surface area contributed by atoms with E-state index in [-0.39, 0.29) is 0 Å². The zero-order chi connectivity index (χ0) is 12.3. The summed E-state index contributed by atoms with van der Waals surface area (Å²) in [5, 5.41) is 19.6. The van der Waals surface area contributed by atoms with Gasteiger partial charge in [0, 0.05) is 6.61 Å². The van der Waals surface area contributed by atoms with Crippen molar-refractivity contribution in [2.75, 3.05) is 6.61 Å². The predicted molar refractivity (Wildman–Crippen MR) is 60.4 cm³/mol. The van der Waals surface area contributed by atoms with E-state index in [9.17, 15) is 10.2 Å². The Morgan fingerprint density at radius 3 is 1.80 bits per heavy atom. The minimum Gasteiger partial charge on any atom is -0.378 e. The second-order valence-corrected chi connectivity index (χ2v) is 4.82. The van der Waals surface area contributed by atoms with E-state index in [4.69, 9.17) is 4.74 Å². The fraction of sp³-hybridized carbons (Fsp3) is 0.833. The standard InChI is InChI=1S/C12H22O3/c1-7-15-11(4,5)12(6,14)9-8-10(2,3)13/h13-14H,7H2,1-6H3. The maximum absolute atomic E-state index is 10.1. The van der Waals surface area contributed by atoms with E-state index in [1.165, 1.54) is 0 Å². The highest BCUT2D eigenvalue weighted by atomic mass is 16.5. The van der Waals surface area contributed by atoms with Gasteiger partial charge in [0.25, 0.3) is 0 Å². The zero-order valence-electron chi connectivity index (χ0n) is 10.5. The van der Waals surface area contributed by atoms with E-state index in [0.717, 1.165) is 0 Å². The van der Waals surface area contributed by atoms with Gasteiger partial charge in [0.1, 0.15) is 11.2 Å². The van der Waals surface area contributed by atoms with Crippen molar-refractivity contribution in [1.29, 1.82) is 0 Å². The molecule has 0 aromatic carbocycles. The van der Waals surface area contributed by atoms with Gasteiger partial charge in [-0.15, -0.1) is 0 Å². The number of aliphatic hydroxyl groups is 2. The van der Waals surface area contributed by atoms with Gasteiger partial charge < -0.3 is 14.9 Å². The van der Waals surface area contributed by atoms with Crippen molar-refractivity contribution in [3.63, 3.8) is 0 Å². The van der Waals surface area contributed by atoms with Gasteiger partial charge >= 0.3 is 0 Å². The van der Waals surface area contributed by atoms with Gasteiger partial charge in [-0.1, -0.05) is 11.8 Å². The number of hydrogen-bond acceptors (Lipinski definition) is 3. The zero-order valence-corrected chi connectivity index (χ0v) is 10.5. The summed E-state index contributed by atoms with van der Waals surface area (Å²) >= 11 is 0. The van der Waals surface area contributed by atoms with Crippen molar-refractivity contribution in [1.82, 2.24) is 0 Å². The van der Waals surface area contributed by atoms with Gasteiger partial charge in [-0.05, 0) is 41.5 Å². The molecule has 0 bridgehead atoms. The van der Waals surface area contributed by atoms with Crippen LogP contribution in [0.1, 0.15) is 41.5 Å². The van der Waals surface area contributed by atoms with Crippen LogP contribution in [0, 0.1) is 11.8 Å². The van der Waals surface area contributed by atoms with Crippen LogP contribution < -0.4 is 0 Å². The van der Waals surface area contributed by atoms with Crippen molar-refractivity contribution >= 4 is 0 Å². The quantitative estimate of drug-likeness (QED) is 0.697. The SMILES string of the molecule is CCOC(C)(C)C(C)(O)C#CC(C)(C)O. The van der Waals surface area contributed by atoms with Crippen LogP contribution in [0.15, 0.2) is 0 Å². The van der Waals surface area contributed by atoms with E-state index in [0.29, 0.717) is 6.61 Å². The van der Waals surface area contributed by atoms with Crippen LogP contribution in [0.5, 0.6) is 0 Å². The fourth-order valence-electron chi connectivity index (χ4n) is 0.927. The maximum atomic E-state index is 10.1. The summed E-state index contributed by atoms with van der Waals surface area (Å²) in [5.41, 5.74) is -3.16. The van der Waals surface area contributed by atoms with Gasteiger partial charge in [-0.3, -0.25) is 0 Å². The molecule has 0 aromatic rings. The fourth-order valence-corrected chi connectivity index (χ4v) is 0.927. The lowest BCUT2D eigenvalue weighted by atomic mass is 9.87. The Balaban J connectivity index is 4.87. The summed E-state index contributed by atoms with van der Waals surface area (Å²) in [6, 6.07) is 0. The van der Waals surface area contributed by atoms with Gasteiger partial charge in [0.05, 0.1) is 0 Å². The smallest absolute Gasteiger partial charge is 0.150 e. The molecule has 0 aliphatic heterocycles. The molecule has 0 heterocycles. The van der Waals surface area contributed by atoms with Crippen LogP contribution >= 0.6 is 0 Å². The third kappa shape index (κ3) is 4.65. The first-order valence-corrected chi connectivity index (χ1v) is 5.15. The van der Waals surface area contributed by atoms with Crippen molar-refractivity contribution in [2.24, 2.45) is 0 Å². The second-order valence-electron chi connectivity index (χ2n) is 4.82. The van der Waals surface area contributed by atoms with Crippen LogP contribution in [0.25, 0.3) is 0 Å². The molecule has 0 amide bonds. The highest BCUT2D eigenvalue weighted by molar-refractivity contribution is 5.22. The Kier molecular flexibility index (Phi) is 4.36. The molecule has 0 aliphatic carbocycles. The minimum atomic E-state index is -1.29. The predicted octanol–water partition coefficient (Wildman–Crippen LogP) is 1.33. The van der Waals surface area contributed by atoms with E-state index in [1.54, 1.807) is 34.6 Å². The molecule has 2 N–H and O–H groups in total. The van der Waals surface area contributed by atoms with Gasteiger partial charge in [-0.25, -0.2) is 0 Å². The van der Waals surface area contributed by atoms with Gasteiger partial charge in [0.2, 0.25) is 0 Å². The molecular formula is C12H22O3. The largest absolute Gasteiger partial charge is 0.378 e. The molecule has 0 rings (SSSR count). The molecular weight excluding hydrogens is 192 g/mol. The molecule has 3 nitrogen and oxygen atoms in total. The molecule has 88 valence electrons. The highest BCUT2D eigenvalue weighted by Gasteiger charge is 2.39. The van der Waals surface area contributed by atoms with Crippen LogP contribution in [0.3, 0.4) is 0 Å². The Bertz CT molecular complexity index is 261. The Labute approximate surface area is 92.5 Å². The lowest BCUT2D eigenvalue weighted by Crippen LogP contribution is -2.49. The lowest BCUT2D eigenvalue weighted by molar-refractivity contribution is -0.124. The summed E-state index contributed by atoms with van der Waals surface area (Å²) < 4.78 is 5.43. The molecule has 0 fully saturated rings. The average molecular weight is 214 g/mol. The number of rotatable bonds is 3. The normalized spacial score (nSPS) is 16.5. The molecule has 3 heteroatoms. The van der Waals surface area contributed by atoms with Gasteiger partial charge in [-0.2, -0.15) is 0 Å². The summed E-state index contributed by atoms with van der Waals surface area (Å²) in [6.07, 6.45) is 0. The van der Waals surface area contributed by atoms with E-state index < -0.39 is 16.8 Å². The van der Waals surface area contributed by atoms with Crippen LogP contribution in [0.4, 0.5) is 0 Å². The maximum Gasteiger partial charge on any atom is 0.150 e. The lowest BCUT2D eigenvalue weighted by Gasteiger charge is -2.35. The summed E-state index contributed by atoms with van der Waals surface area (Å²) in [6.45, 7) is 10.6. The minimum absolute atomic E-state index is 0.507. The van der Waals surface area contributed by atoms with Gasteiger partial charge in [0.15, 0.2) is 5.60 Å². The van der Waals surface area contributed by atoms with Crippen molar-refractivity contribution in [2.45, 2.75) is 58.3 Å². The molecule has 15 heavy (non-hydrogen) atoms. The van der Waals surface area contributed by atoms with Crippen LogP contribution in [0.2, 0.25) is 0 Å². The first-order valence-electron chi connectivity index (χ1n) is 5.15. The third-order valence-corrected chi connectivity index (χ3v) is 2.29. The van der Waals surface area contributed by atoms with Crippen molar-refractivity contribution in [3.05, 3.63) is 0 Å². The average Bonchev–Trinajstić information content (AvgIpc) is 1.99.